The Balaban J connectivity index is 3.85. The van der Waals surface area contributed by atoms with E-state index in [0.717, 1.165) is 18.4 Å². The Labute approximate surface area is 94.4 Å². The Morgan fingerprint density at radius 1 is 1.21 bits per heavy atom. The molecule has 0 aliphatic carbocycles. The van der Waals surface area contributed by atoms with E-state index in [1.165, 1.54) is 12.2 Å². The van der Waals surface area contributed by atoms with Crippen molar-refractivity contribution in [2.24, 2.45) is 11.8 Å². The van der Waals surface area contributed by atoms with Crippen molar-refractivity contribution in [3.05, 3.63) is 0 Å². The maximum atomic E-state index is 3.60. The van der Waals surface area contributed by atoms with Gasteiger partial charge in [0.15, 0.2) is 0 Å². The van der Waals surface area contributed by atoms with Crippen molar-refractivity contribution in [2.75, 3.05) is 18.6 Å². The first-order valence-corrected chi connectivity index (χ1v) is 7.00. The standard InChI is InChI=1S/C12H27NS/c1-10(2)11(7-8-14-6)9-13-12(3,4)5/h10-11,13H,7-9H2,1-6H3. The Kier molecular flexibility index (Phi) is 6.88. The minimum absolute atomic E-state index is 0.256. The maximum Gasteiger partial charge on any atom is 0.00966 e. The first-order valence-electron chi connectivity index (χ1n) is 5.61. The molecule has 0 aromatic carbocycles. The second-order valence-corrected chi connectivity index (χ2v) is 6.40. The minimum atomic E-state index is 0.256. The molecule has 0 saturated carbocycles. The van der Waals surface area contributed by atoms with Gasteiger partial charge in [0.1, 0.15) is 0 Å². The van der Waals surface area contributed by atoms with E-state index in [0.29, 0.717) is 0 Å². The second kappa shape index (κ2) is 6.73. The number of rotatable bonds is 6. The predicted molar refractivity (Wildman–Crippen MR) is 69.1 cm³/mol. The van der Waals surface area contributed by atoms with Crippen molar-refractivity contribution in [1.82, 2.24) is 5.32 Å². The van der Waals surface area contributed by atoms with Crippen LogP contribution in [0.3, 0.4) is 0 Å². The van der Waals surface area contributed by atoms with Crippen LogP contribution in [0.4, 0.5) is 0 Å². The second-order valence-electron chi connectivity index (χ2n) is 5.42. The van der Waals surface area contributed by atoms with Gasteiger partial charge in [0.2, 0.25) is 0 Å². The van der Waals surface area contributed by atoms with Gasteiger partial charge in [0, 0.05) is 5.54 Å². The van der Waals surface area contributed by atoms with Gasteiger partial charge in [-0.15, -0.1) is 0 Å². The van der Waals surface area contributed by atoms with E-state index in [2.05, 4.69) is 46.2 Å². The summed E-state index contributed by atoms with van der Waals surface area (Å²) in [6.45, 7) is 12.5. The van der Waals surface area contributed by atoms with Crippen LogP contribution < -0.4 is 5.32 Å². The summed E-state index contributed by atoms with van der Waals surface area (Å²) in [4.78, 5) is 0. The lowest BCUT2D eigenvalue weighted by Gasteiger charge is -2.27. The van der Waals surface area contributed by atoms with Crippen molar-refractivity contribution < 1.29 is 0 Å². The monoisotopic (exact) mass is 217 g/mol. The quantitative estimate of drug-likeness (QED) is 0.732. The van der Waals surface area contributed by atoms with Gasteiger partial charge in [0.05, 0.1) is 0 Å². The molecular weight excluding hydrogens is 190 g/mol. The topological polar surface area (TPSA) is 12.0 Å². The van der Waals surface area contributed by atoms with Gasteiger partial charge in [-0.05, 0) is 57.6 Å². The first kappa shape index (κ1) is 14.3. The van der Waals surface area contributed by atoms with Gasteiger partial charge < -0.3 is 5.32 Å². The van der Waals surface area contributed by atoms with Gasteiger partial charge in [-0.3, -0.25) is 0 Å². The summed E-state index contributed by atoms with van der Waals surface area (Å²) < 4.78 is 0. The molecule has 0 saturated heterocycles. The van der Waals surface area contributed by atoms with E-state index in [1.54, 1.807) is 0 Å². The fraction of sp³-hybridized carbons (Fsp3) is 1.00. The van der Waals surface area contributed by atoms with Crippen LogP contribution in [0.2, 0.25) is 0 Å². The van der Waals surface area contributed by atoms with Crippen LogP contribution in [0.5, 0.6) is 0 Å². The average Bonchev–Trinajstić information content (AvgIpc) is 2.01. The highest BCUT2D eigenvalue weighted by molar-refractivity contribution is 7.98. The summed E-state index contributed by atoms with van der Waals surface area (Å²) in [7, 11) is 0. The predicted octanol–water partition coefficient (Wildman–Crippen LogP) is 3.40. The zero-order chi connectivity index (χ0) is 11.2. The summed E-state index contributed by atoms with van der Waals surface area (Å²) in [5.41, 5.74) is 0.256. The van der Waals surface area contributed by atoms with Gasteiger partial charge in [0.25, 0.3) is 0 Å². The molecule has 0 rings (SSSR count). The van der Waals surface area contributed by atoms with Crippen LogP contribution in [0.15, 0.2) is 0 Å². The number of thioether (sulfide) groups is 1. The molecule has 0 bridgehead atoms. The molecule has 0 radical (unpaired) electrons. The van der Waals surface area contributed by atoms with E-state index < -0.39 is 0 Å². The normalized spacial score (nSPS) is 14.8. The summed E-state index contributed by atoms with van der Waals surface area (Å²) in [6.07, 6.45) is 3.52. The maximum absolute atomic E-state index is 3.60. The molecule has 0 aliphatic rings. The molecule has 86 valence electrons. The van der Waals surface area contributed by atoms with Gasteiger partial charge in [-0.25, -0.2) is 0 Å². The summed E-state index contributed by atoms with van der Waals surface area (Å²) in [5, 5.41) is 3.60. The smallest absolute Gasteiger partial charge is 0.00966 e. The van der Waals surface area contributed by atoms with E-state index in [4.69, 9.17) is 0 Å². The van der Waals surface area contributed by atoms with Crippen molar-refractivity contribution in [1.29, 1.82) is 0 Å². The Morgan fingerprint density at radius 2 is 1.79 bits per heavy atom. The highest BCUT2D eigenvalue weighted by atomic mass is 32.2. The molecule has 0 spiro atoms. The van der Waals surface area contributed by atoms with E-state index >= 15 is 0 Å². The minimum Gasteiger partial charge on any atom is -0.312 e. The van der Waals surface area contributed by atoms with Gasteiger partial charge in [-0.1, -0.05) is 13.8 Å². The third-order valence-corrected chi connectivity index (χ3v) is 3.17. The van der Waals surface area contributed by atoms with Crippen LogP contribution in [-0.2, 0) is 0 Å². The highest BCUT2D eigenvalue weighted by Gasteiger charge is 2.16. The van der Waals surface area contributed by atoms with Crippen LogP contribution in [0, 0.1) is 11.8 Å². The van der Waals surface area contributed by atoms with Crippen molar-refractivity contribution in [3.63, 3.8) is 0 Å². The molecule has 0 aromatic heterocycles. The third kappa shape index (κ3) is 7.69. The van der Waals surface area contributed by atoms with Crippen LogP contribution in [0.25, 0.3) is 0 Å². The fourth-order valence-electron chi connectivity index (χ4n) is 1.38. The lowest BCUT2D eigenvalue weighted by molar-refractivity contribution is 0.308. The summed E-state index contributed by atoms with van der Waals surface area (Å²) >= 11 is 1.95. The van der Waals surface area contributed by atoms with E-state index in [9.17, 15) is 0 Å². The molecule has 2 heteroatoms. The lowest BCUT2D eigenvalue weighted by Crippen LogP contribution is -2.40. The molecule has 1 unspecified atom stereocenters. The molecule has 0 aliphatic heterocycles. The van der Waals surface area contributed by atoms with Crippen molar-refractivity contribution in [3.8, 4) is 0 Å². The molecule has 1 nitrogen and oxygen atoms in total. The molecule has 0 fully saturated rings. The number of nitrogens with one attached hydrogen (secondary N) is 1. The molecule has 0 heterocycles. The first-order chi connectivity index (χ1) is 6.37. The average molecular weight is 217 g/mol. The molecule has 1 N–H and O–H groups in total. The number of hydrogen-bond donors (Lipinski definition) is 1. The zero-order valence-electron chi connectivity index (χ0n) is 10.7. The zero-order valence-corrected chi connectivity index (χ0v) is 11.5. The molecule has 14 heavy (non-hydrogen) atoms. The molecule has 0 amide bonds. The molecule has 0 aromatic rings. The Morgan fingerprint density at radius 3 is 2.14 bits per heavy atom. The third-order valence-electron chi connectivity index (χ3n) is 2.53. The lowest BCUT2D eigenvalue weighted by atomic mass is 9.92. The van der Waals surface area contributed by atoms with Crippen molar-refractivity contribution in [2.45, 2.75) is 46.6 Å². The largest absolute Gasteiger partial charge is 0.312 e. The van der Waals surface area contributed by atoms with E-state index in [-0.39, 0.29) is 5.54 Å². The number of hydrogen-bond acceptors (Lipinski definition) is 2. The Hall–Kier alpha value is 0.310. The van der Waals surface area contributed by atoms with Crippen LogP contribution in [0.1, 0.15) is 41.0 Å². The van der Waals surface area contributed by atoms with Gasteiger partial charge in [-0.2, -0.15) is 11.8 Å². The SMILES string of the molecule is CSCCC(CNC(C)(C)C)C(C)C. The fourth-order valence-corrected chi connectivity index (χ4v) is 1.92. The van der Waals surface area contributed by atoms with Gasteiger partial charge >= 0.3 is 0 Å². The van der Waals surface area contributed by atoms with Crippen LogP contribution in [-0.4, -0.2) is 24.1 Å². The molecular formula is C12H27NS. The highest BCUT2D eigenvalue weighted by Crippen LogP contribution is 2.17. The van der Waals surface area contributed by atoms with Crippen LogP contribution >= 0.6 is 11.8 Å². The summed E-state index contributed by atoms with van der Waals surface area (Å²) in [6, 6.07) is 0. The van der Waals surface area contributed by atoms with E-state index in [1.807, 2.05) is 11.8 Å². The molecule has 1 atom stereocenters. The summed E-state index contributed by atoms with van der Waals surface area (Å²) in [5.74, 6) is 2.90. The van der Waals surface area contributed by atoms with Crippen molar-refractivity contribution >= 4 is 11.8 Å². The Bertz CT molecular complexity index is 138.